The van der Waals surface area contributed by atoms with Crippen molar-refractivity contribution < 1.29 is 4.74 Å². The number of hydrogen-bond donors (Lipinski definition) is 0. The van der Waals surface area contributed by atoms with E-state index in [1.807, 2.05) is 25.0 Å². The maximum Gasteiger partial charge on any atom is 0.226 e. The molecule has 1 saturated heterocycles. The summed E-state index contributed by atoms with van der Waals surface area (Å²) in [4.78, 5) is 12.0. The average molecular weight is 332 g/mol. The average Bonchev–Trinajstić information content (AvgIpc) is 3.23. The lowest BCUT2D eigenvalue weighted by atomic mass is 10.0. The van der Waals surface area contributed by atoms with Gasteiger partial charge in [0.15, 0.2) is 0 Å². The number of nitrogens with zero attached hydrogens (tertiary/aromatic N) is 3. The Kier molecular flexibility index (Phi) is 4.86. The van der Waals surface area contributed by atoms with Crippen molar-refractivity contribution in [1.82, 2.24) is 9.97 Å². The first kappa shape index (κ1) is 16.4. The lowest BCUT2D eigenvalue weighted by Crippen LogP contribution is -2.31. The largest absolute Gasteiger partial charge is 0.497 e. The molecule has 1 aromatic carbocycles. The minimum absolute atomic E-state index is 0.837. The second-order valence-corrected chi connectivity index (χ2v) is 6.39. The molecule has 0 spiro atoms. The van der Waals surface area contributed by atoms with Crippen LogP contribution in [0.25, 0.3) is 11.3 Å². The number of aromatic nitrogens is 2. The molecule has 4 nitrogen and oxygen atoms in total. The highest BCUT2D eigenvalue weighted by Gasteiger charge is 2.23. The minimum atomic E-state index is 0.837. The third-order valence-electron chi connectivity index (χ3n) is 4.70. The fourth-order valence-corrected chi connectivity index (χ4v) is 3.27. The molecule has 4 heteroatoms. The summed E-state index contributed by atoms with van der Waals surface area (Å²) in [5.41, 5.74) is 3.01. The van der Waals surface area contributed by atoms with Crippen molar-refractivity contribution in [3.05, 3.63) is 67.6 Å². The number of benzene rings is 1. The van der Waals surface area contributed by atoms with Gasteiger partial charge in [0.1, 0.15) is 5.75 Å². The quantitative estimate of drug-likeness (QED) is 0.851. The molecule has 4 rings (SSSR count). The Bertz CT molecular complexity index is 702. The van der Waals surface area contributed by atoms with E-state index in [1.54, 1.807) is 7.11 Å². The lowest BCUT2D eigenvalue weighted by Gasteiger charge is -2.27. The van der Waals surface area contributed by atoms with Crippen LogP contribution >= 0.6 is 0 Å². The first-order valence-electron chi connectivity index (χ1n) is 8.84. The zero-order valence-electron chi connectivity index (χ0n) is 14.5. The molecular formula is C21H22N3O. The topological polar surface area (TPSA) is 38.2 Å². The molecule has 2 fully saturated rings. The molecule has 0 unspecified atom stereocenters. The van der Waals surface area contributed by atoms with Gasteiger partial charge in [-0.25, -0.2) is 9.97 Å². The molecule has 2 heterocycles. The van der Waals surface area contributed by atoms with Gasteiger partial charge < -0.3 is 9.64 Å². The molecule has 0 bridgehead atoms. The maximum atomic E-state index is 5.27. The van der Waals surface area contributed by atoms with E-state index in [-0.39, 0.29) is 0 Å². The molecule has 2 aromatic rings. The first-order valence-corrected chi connectivity index (χ1v) is 8.84. The summed E-state index contributed by atoms with van der Waals surface area (Å²) >= 11 is 0. The molecule has 2 aliphatic rings. The van der Waals surface area contributed by atoms with Gasteiger partial charge in [0, 0.05) is 24.6 Å². The molecular weight excluding hydrogens is 310 g/mol. The summed E-state index contributed by atoms with van der Waals surface area (Å²) < 4.78 is 5.27. The van der Waals surface area contributed by atoms with Crippen molar-refractivity contribution in [3.63, 3.8) is 0 Å². The second-order valence-electron chi connectivity index (χ2n) is 6.39. The lowest BCUT2D eigenvalue weighted by molar-refractivity contribution is 0.415. The van der Waals surface area contributed by atoms with Crippen LogP contribution in [0.5, 0.6) is 5.75 Å². The standard InChI is InChI=1S/C21H22N3O/c1-25-18-11-9-17(10-12-18)20-15-19(16-7-3-4-8-16)22-21(23-20)24-13-5-2-6-14-24/h3-4,7-12,15H,2,5-6,13-14H2,1H3. The van der Waals surface area contributed by atoms with E-state index in [9.17, 15) is 0 Å². The van der Waals surface area contributed by atoms with Crippen molar-refractivity contribution in [2.45, 2.75) is 19.3 Å². The molecule has 1 aromatic heterocycles. The van der Waals surface area contributed by atoms with E-state index in [2.05, 4.69) is 35.9 Å². The van der Waals surface area contributed by atoms with Gasteiger partial charge >= 0.3 is 0 Å². The van der Waals surface area contributed by atoms with E-state index in [0.717, 1.165) is 47.7 Å². The van der Waals surface area contributed by atoms with E-state index >= 15 is 0 Å². The summed E-state index contributed by atoms with van der Waals surface area (Å²) in [6, 6.07) is 10.1. The van der Waals surface area contributed by atoms with E-state index in [1.165, 1.54) is 19.3 Å². The Morgan fingerprint density at radius 1 is 0.880 bits per heavy atom. The van der Waals surface area contributed by atoms with Crippen LogP contribution in [0.2, 0.25) is 0 Å². The van der Waals surface area contributed by atoms with Crippen LogP contribution in [0, 0.1) is 31.6 Å². The highest BCUT2D eigenvalue weighted by molar-refractivity contribution is 5.64. The fraction of sp³-hybridized carbons (Fsp3) is 0.286. The Hall–Kier alpha value is -2.10. The third kappa shape index (κ3) is 3.63. The Labute approximate surface area is 150 Å². The maximum absolute atomic E-state index is 5.27. The first-order chi connectivity index (χ1) is 12.3. The number of hydrogen-bond acceptors (Lipinski definition) is 4. The summed E-state index contributed by atoms with van der Waals surface area (Å²) in [7, 11) is 1.68. The molecule has 5 radical (unpaired) electrons. The van der Waals surface area contributed by atoms with Gasteiger partial charge in [0.05, 0.1) is 18.5 Å². The van der Waals surface area contributed by atoms with Crippen LogP contribution in [0.3, 0.4) is 0 Å². The minimum Gasteiger partial charge on any atom is -0.497 e. The third-order valence-corrected chi connectivity index (χ3v) is 4.70. The van der Waals surface area contributed by atoms with Crippen LogP contribution in [0.15, 0.2) is 30.3 Å². The van der Waals surface area contributed by atoms with Crippen molar-refractivity contribution in [2.75, 3.05) is 25.1 Å². The van der Waals surface area contributed by atoms with Gasteiger partial charge in [0.2, 0.25) is 5.95 Å². The summed E-state index contributed by atoms with van der Waals surface area (Å²) in [6.07, 6.45) is 12.0. The molecule has 1 aliphatic heterocycles. The van der Waals surface area contributed by atoms with Crippen LogP contribution < -0.4 is 9.64 Å². The Balaban J connectivity index is 1.71. The van der Waals surface area contributed by atoms with E-state index in [4.69, 9.17) is 14.7 Å². The zero-order valence-corrected chi connectivity index (χ0v) is 14.5. The number of piperidine rings is 1. The summed E-state index contributed by atoms with van der Waals surface area (Å²) in [6.45, 7) is 2.07. The van der Waals surface area contributed by atoms with Crippen LogP contribution in [-0.2, 0) is 0 Å². The Morgan fingerprint density at radius 3 is 2.24 bits per heavy atom. The van der Waals surface area contributed by atoms with Crippen LogP contribution in [0.4, 0.5) is 5.95 Å². The predicted octanol–water partition coefficient (Wildman–Crippen LogP) is 3.90. The molecule has 0 N–H and O–H groups in total. The molecule has 0 atom stereocenters. The smallest absolute Gasteiger partial charge is 0.226 e. The molecule has 25 heavy (non-hydrogen) atoms. The van der Waals surface area contributed by atoms with Gasteiger partial charge in [-0.3, -0.25) is 0 Å². The van der Waals surface area contributed by atoms with Gasteiger partial charge in [-0.05, 0) is 75.3 Å². The molecule has 1 saturated carbocycles. The zero-order chi connectivity index (χ0) is 17.1. The molecule has 127 valence electrons. The SMILES string of the molecule is COc1ccc(-c2cc([C]3[CH][CH][CH][CH]3)nc(N3CCCCC3)n2)cc1. The monoisotopic (exact) mass is 332 g/mol. The van der Waals surface area contributed by atoms with E-state index < -0.39 is 0 Å². The highest BCUT2D eigenvalue weighted by Crippen LogP contribution is 2.32. The van der Waals surface area contributed by atoms with Gasteiger partial charge in [-0.2, -0.15) is 0 Å². The van der Waals surface area contributed by atoms with Gasteiger partial charge in [-0.15, -0.1) is 0 Å². The highest BCUT2D eigenvalue weighted by atomic mass is 16.5. The summed E-state index contributed by atoms with van der Waals surface area (Å²) in [5, 5.41) is 0. The molecule has 0 amide bonds. The fourth-order valence-electron chi connectivity index (χ4n) is 3.27. The van der Waals surface area contributed by atoms with Gasteiger partial charge in [-0.1, -0.05) is 0 Å². The van der Waals surface area contributed by atoms with Crippen LogP contribution in [-0.4, -0.2) is 30.2 Å². The Morgan fingerprint density at radius 2 is 1.56 bits per heavy atom. The normalized spacial score (nSPS) is 18.5. The van der Waals surface area contributed by atoms with Crippen molar-refractivity contribution in [3.8, 4) is 17.0 Å². The van der Waals surface area contributed by atoms with Crippen molar-refractivity contribution in [1.29, 1.82) is 0 Å². The number of ether oxygens (including phenoxy) is 1. The number of methoxy groups -OCH3 is 1. The van der Waals surface area contributed by atoms with E-state index in [0.29, 0.717) is 0 Å². The summed E-state index contributed by atoms with van der Waals surface area (Å²) in [5.74, 6) is 2.82. The van der Waals surface area contributed by atoms with Crippen molar-refractivity contribution in [2.24, 2.45) is 0 Å². The number of rotatable bonds is 4. The molecule has 1 aliphatic carbocycles. The van der Waals surface area contributed by atoms with Gasteiger partial charge in [0.25, 0.3) is 0 Å². The van der Waals surface area contributed by atoms with Crippen LogP contribution in [0.1, 0.15) is 25.0 Å². The predicted molar refractivity (Wildman–Crippen MR) is 99.6 cm³/mol. The second kappa shape index (κ2) is 7.42. The van der Waals surface area contributed by atoms with Crippen molar-refractivity contribution >= 4 is 5.95 Å². The number of anilines is 1.